The molecular formula is C4H8B2. The summed E-state index contributed by atoms with van der Waals surface area (Å²) in [5, 5.41) is 0. The van der Waals surface area contributed by atoms with Crippen molar-refractivity contribution in [3.8, 4) is 0 Å². The summed E-state index contributed by atoms with van der Waals surface area (Å²) in [4.78, 5) is 0. The third kappa shape index (κ3) is 3.87. The van der Waals surface area contributed by atoms with Gasteiger partial charge in [0.25, 0.3) is 0 Å². The fourth-order valence-corrected chi connectivity index (χ4v) is 0.222. The van der Waals surface area contributed by atoms with Gasteiger partial charge in [-0.05, 0) is 0 Å². The minimum atomic E-state index is 2.00. The molecule has 2 radical (unpaired) electrons. The zero-order chi connectivity index (χ0) is 4.83. The largest absolute Gasteiger partial charge is 0.136 e. The van der Waals surface area contributed by atoms with Gasteiger partial charge in [-0.1, -0.05) is 13.6 Å². The van der Waals surface area contributed by atoms with Gasteiger partial charge in [-0.25, -0.2) is 0 Å². The molecule has 6 heavy (non-hydrogen) atoms. The fourth-order valence-electron chi connectivity index (χ4n) is 0.222. The van der Waals surface area contributed by atoms with Crippen LogP contribution in [0.4, 0.5) is 0 Å². The Morgan fingerprint density at radius 1 is 1.00 bits per heavy atom. The monoisotopic (exact) mass is 78.1 g/mol. The van der Waals surface area contributed by atoms with Gasteiger partial charge in [0.1, 0.15) is 14.6 Å². The van der Waals surface area contributed by atoms with Crippen LogP contribution in [0, 0.1) is 0 Å². The maximum Gasteiger partial charge on any atom is 0.136 e. The van der Waals surface area contributed by atoms with Crippen molar-refractivity contribution in [2.75, 3.05) is 0 Å². The molecule has 0 aromatic carbocycles. The minimum Gasteiger partial charge on any atom is -0.136 e. The summed E-state index contributed by atoms with van der Waals surface area (Å²) in [6.07, 6.45) is 0. The molecule has 2 heteroatoms. The molecule has 0 rings (SSSR count). The molecule has 0 aliphatic carbocycles. The van der Waals surface area contributed by atoms with Gasteiger partial charge in [0.15, 0.2) is 0 Å². The van der Waals surface area contributed by atoms with E-state index in [1.165, 1.54) is 0 Å². The summed E-state index contributed by atoms with van der Waals surface area (Å²) in [5.74, 6) is 4.00. The summed E-state index contributed by atoms with van der Waals surface area (Å²) in [6.45, 7) is 4.00. The summed E-state index contributed by atoms with van der Waals surface area (Å²) in [6, 6.07) is 0. The van der Waals surface area contributed by atoms with Crippen LogP contribution >= 0.6 is 0 Å². The summed E-state index contributed by atoms with van der Waals surface area (Å²) in [5.41, 5.74) is 0. The highest BCUT2D eigenvalue weighted by Gasteiger charge is 1.65. The van der Waals surface area contributed by atoms with Crippen LogP contribution in [0.3, 0.4) is 0 Å². The Labute approximate surface area is 41.1 Å². The van der Waals surface area contributed by atoms with E-state index in [-0.39, 0.29) is 0 Å². The highest BCUT2D eigenvalue weighted by atomic mass is 13.3. The SMILES string of the molecule is C[B]/C=C\[B]C. The van der Waals surface area contributed by atoms with E-state index in [1.54, 1.807) is 0 Å². The molecule has 0 saturated carbocycles. The van der Waals surface area contributed by atoms with Gasteiger partial charge in [-0.3, -0.25) is 0 Å². The van der Waals surface area contributed by atoms with Crippen molar-refractivity contribution in [2.45, 2.75) is 13.6 Å². The third-order valence-electron chi connectivity index (χ3n) is 0.496. The van der Waals surface area contributed by atoms with E-state index in [2.05, 4.69) is 0 Å². The maximum atomic E-state index is 2.00. The highest BCUT2D eigenvalue weighted by molar-refractivity contribution is 6.47. The van der Waals surface area contributed by atoms with Crippen LogP contribution in [-0.2, 0) is 0 Å². The second-order valence-corrected chi connectivity index (χ2v) is 1.05. The Hall–Kier alpha value is -0.130. The molecular weight excluding hydrogens is 69.7 g/mol. The quantitative estimate of drug-likeness (QED) is 0.431. The van der Waals surface area contributed by atoms with Gasteiger partial charge in [0.05, 0.1) is 0 Å². The Morgan fingerprint density at radius 3 is 1.50 bits per heavy atom. The molecule has 0 aromatic rings. The van der Waals surface area contributed by atoms with Crippen LogP contribution in [0.5, 0.6) is 0 Å². The van der Waals surface area contributed by atoms with Crippen LogP contribution in [0.15, 0.2) is 12.0 Å². The second kappa shape index (κ2) is 4.87. The van der Waals surface area contributed by atoms with Crippen LogP contribution in [0.25, 0.3) is 0 Å². The first-order valence-electron chi connectivity index (χ1n) is 2.15. The van der Waals surface area contributed by atoms with E-state index in [0.717, 1.165) is 0 Å². The second-order valence-electron chi connectivity index (χ2n) is 1.05. The van der Waals surface area contributed by atoms with E-state index in [0.29, 0.717) is 0 Å². The standard InChI is InChI=1S/C4H8B2/c1-5-3-4-6-2/h3-4H,1-2H3/b4-3-. The van der Waals surface area contributed by atoms with Crippen molar-refractivity contribution in [3.63, 3.8) is 0 Å². The summed E-state index contributed by atoms with van der Waals surface area (Å²) < 4.78 is 0. The van der Waals surface area contributed by atoms with Gasteiger partial charge in [0.2, 0.25) is 0 Å². The topological polar surface area (TPSA) is 0 Å². The lowest BCUT2D eigenvalue weighted by atomic mass is 9.74. The molecule has 30 valence electrons. The van der Waals surface area contributed by atoms with Gasteiger partial charge in [0, 0.05) is 0 Å². The van der Waals surface area contributed by atoms with E-state index in [9.17, 15) is 0 Å². The van der Waals surface area contributed by atoms with Gasteiger partial charge < -0.3 is 0 Å². The van der Waals surface area contributed by atoms with Crippen LogP contribution in [0.2, 0.25) is 13.6 Å². The first-order valence-corrected chi connectivity index (χ1v) is 2.15. The molecule has 0 nitrogen and oxygen atoms in total. The minimum absolute atomic E-state index is 2.00. The Kier molecular flexibility index (Phi) is 4.76. The zero-order valence-electron chi connectivity index (χ0n) is 4.31. The smallest absolute Gasteiger partial charge is 0.136 e. The first-order chi connectivity index (χ1) is 2.91. The molecule has 0 bridgehead atoms. The molecule has 0 saturated heterocycles. The van der Waals surface area contributed by atoms with E-state index in [1.807, 2.05) is 40.2 Å². The summed E-state index contributed by atoms with van der Waals surface area (Å²) in [7, 11) is 4.00. The number of hydrogen-bond donors (Lipinski definition) is 0. The Balaban J connectivity index is 2.73. The molecule has 0 spiro atoms. The van der Waals surface area contributed by atoms with Gasteiger partial charge in [-0.2, -0.15) is 0 Å². The highest BCUT2D eigenvalue weighted by Crippen LogP contribution is 1.63. The molecule has 0 aliphatic heterocycles. The number of hydrogen-bond acceptors (Lipinski definition) is 0. The lowest BCUT2D eigenvalue weighted by molar-refractivity contribution is 2.18. The molecule has 0 aromatic heterocycles. The third-order valence-corrected chi connectivity index (χ3v) is 0.496. The summed E-state index contributed by atoms with van der Waals surface area (Å²) >= 11 is 0. The Morgan fingerprint density at radius 2 is 1.33 bits per heavy atom. The van der Waals surface area contributed by atoms with E-state index >= 15 is 0 Å². The van der Waals surface area contributed by atoms with E-state index in [4.69, 9.17) is 0 Å². The van der Waals surface area contributed by atoms with Crippen molar-refractivity contribution in [3.05, 3.63) is 12.0 Å². The average molecular weight is 77.7 g/mol. The van der Waals surface area contributed by atoms with Crippen LogP contribution in [0.1, 0.15) is 0 Å². The molecule has 0 amide bonds. The average Bonchev–Trinajstić information content (AvgIpc) is 1.61. The molecule has 0 N–H and O–H groups in total. The maximum absolute atomic E-state index is 2.00. The van der Waals surface area contributed by atoms with Crippen molar-refractivity contribution >= 4 is 14.6 Å². The Bertz CT molecular complexity index is 34.8. The normalized spacial score (nSPS) is 9.00. The predicted octanol–water partition coefficient (Wildman–Crippen LogP) is 0.962. The molecule has 0 atom stereocenters. The van der Waals surface area contributed by atoms with Crippen molar-refractivity contribution in [1.82, 2.24) is 0 Å². The molecule has 0 aliphatic rings. The number of rotatable bonds is 2. The van der Waals surface area contributed by atoms with Gasteiger partial charge >= 0.3 is 0 Å². The van der Waals surface area contributed by atoms with Gasteiger partial charge in [-0.15, -0.1) is 12.0 Å². The van der Waals surface area contributed by atoms with Crippen molar-refractivity contribution < 1.29 is 0 Å². The van der Waals surface area contributed by atoms with E-state index < -0.39 is 0 Å². The lowest BCUT2D eigenvalue weighted by Crippen LogP contribution is -1.74. The van der Waals surface area contributed by atoms with Crippen molar-refractivity contribution in [1.29, 1.82) is 0 Å². The van der Waals surface area contributed by atoms with Crippen molar-refractivity contribution in [2.24, 2.45) is 0 Å². The fraction of sp³-hybridized carbons (Fsp3) is 0.500. The lowest BCUT2D eigenvalue weighted by Gasteiger charge is -1.68. The predicted molar refractivity (Wildman–Crippen MR) is 32.4 cm³/mol. The molecule has 0 heterocycles. The first kappa shape index (κ1) is 5.87. The van der Waals surface area contributed by atoms with Crippen LogP contribution in [-0.4, -0.2) is 14.6 Å². The van der Waals surface area contributed by atoms with Crippen LogP contribution < -0.4 is 0 Å². The molecule has 0 fully saturated rings. The zero-order valence-corrected chi connectivity index (χ0v) is 4.31. The molecule has 0 unspecified atom stereocenters.